The van der Waals surface area contributed by atoms with Crippen molar-refractivity contribution in [3.63, 3.8) is 0 Å². The Morgan fingerprint density at radius 3 is 2.06 bits per heavy atom. The fourth-order valence-corrected chi connectivity index (χ4v) is 1.09. The first-order chi connectivity index (χ1) is 7.88. The first kappa shape index (κ1) is 14.4. The van der Waals surface area contributed by atoms with E-state index in [2.05, 4.69) is 10.1 Å². The van der Waals surface area contributed by atoms with Crippen LogP contribution in [-0.4, -0.2) is 14.8 Å². The van der Waals surface area contributed by atoms with Crippen molar-refractivity contribution < 1.29 is 0 Å². The van der Waals surface area contributed by atoms with E-state index in [1.807, 2.05) is 58.9 Å². The molecule has 0 atom stereocenters. The van der Waals surface area contributed by atoms with Crippen molar-refractivity contribution in [2.24, 2.45) is 0 Å². The van der Waals surface area contributed by atoms with Gasteiger partial charge >= 0.3 is 0 Å². The van der Waals surface area contributed by atoms with Gasteiger partial charge < -0.3 is 0 Å². The second-order valence-electron chi connectivity index (χ2n) is 2.57. The molecule has 0 aliphatic carbocycles. The molecule has 0 N–H and O–H groups in total. The Balaban J connectivity index is 0.000000509. The Morgan fingerprint density at radius 1 is 0.938 bits per heavy atom. The monoisotopic (exact) mass is 219 g/mol. The lowest BCUT2D eigenvalue weighted by Gasteiger charge is -2.00. The summed E-state index contributed by atoms with van der Waals surface area (Å²) >= 11 is 0. The first-order valence-corrected chi connectivity index (χ1v) is 5.80. The van der Waals surface area contributed by atoms with Gasteiger partial charge in [-0.2, -0.15) is 5.10 Å². The Morgan fingerprint density at radius 2 is 1.62 bits per heavy atom. The number of rotatable bonds is 1. The van der Waals surface area contributed by atoms with E-state index in [0.29, 0.717) is 0 Å². The van der Waals surface area contributed by atoms with Gasteiger partial charge in [-0.1, -0.05) is 33.8 Å². The van der Waals surface area contributed by atoms with Gasteiger partial charge in [0, 0.05) is 18.1 Å². The predicted octanol–water partition coefficient (Wildman–Crippen LogP) is 3.63. The van der Waals surface area contributed by atoms with Gasteiger partial charge in [0.05, 0.1) is 0 Å². The van der Waals surface area contributed by atoms with Crippen molar-refractivity contribution >= 4 is 0 Å². The third-order valence-corrected chi connectivity index (χ3v) is 1.70. The van der Waals surface area contributed by atoms with Crippen LogP contribution in [0.4, 0.5) is 0 Å². The number of nitrogens with zero attached hydrogens (tertiary/aromatic N) is 3. The van der Waals surface area contributed by atoms with Crippen molar-refractivity contribution in [2.45, 2.75) is 34.6 Å². The number of hydrogen-bond acceptors (Lipinski definition) is 2. The van der Waals surface area contributed by atoms with Gasteiger partial charge in [-0.15, -0.1) is 0 Å². The third kappa shape index (κ3) is 3.85. The summed E-state index contributed by atoms with van der Waals surface area (Å²) in [6.45, 7) is 10.0. The van der Waals surface area contributed by atoms with Gasteiger partial charge in [0.25, 0.3) is 0 Å². The zero-order valence-electron chi connectivity index (χ0n) is 10.8. The summed E-state index contributed by atoms with van der Waals surface area (Å²) in [5, 5.41) is 4.14. The Bertz CT molecular complexity index is 366. The van der Waals surface area contributed by atoms with Crippen LogP contribution in [0.1, 0.15) is 33.4 Å². The van der Waals surface area contributed by atoms with Crippen molar-refractivity contribution in [3.8, 4) is 5.82 Å². The highest BCUT2D eigenvalue weighted by Crippen LogP contribution is 2.04. The lowest BCUT2D eigenvalue weighted by Crippen LogP contribution is -1.99. The first-order valence-electron chi connectivity index (χ1n) is 5.80. The Kier molecular flexibility index (Phi) is 7.76. The molecule has 2 heterocycles. The molecule has 3 nitrogen and oxygen atoms in total. The molecule has 0 fully saturated rings. The van der Waals surface area contributed by atoms with Crippen molar-refractivity contribution in [3.05, 3.63) is 42.4 Å². The van der Waals surface area contributed by atoms with E-state index in [-0.39, 0.29) is 0 Å². The van der Waals surface area contributed by atoms with Gasteiger partial charge in [-0.25, -0.2) is 9.67 Å². The lowest BCUT2D eigenvalue weighted by atomic mass is 10.4. The molecule has 2 aromatic heterocycles. The van der Waals surface area contributed by atoms with Crippen molar-refractivity contribution in [1.29, 1.82) is 0 Å². The summed E-state index contributed by atoms with van der Waals surface area (Å²) in [5.74, 6) is 0.861. The van der Waals surface area contributed by atoms with E-state index in [9.17, 15) is 0 Å². The van der Waals surface area contributed by atoms with Crippen LogP contribution in [0.15, 0.2) is 36.7 Å². The number of pyridine rings is 1. The molecule has 0 saturated heterocycles. The predicted molar refractivity (Wildman–Crippen MR) is 68.8 cm³/mol. The van der Waals surface area contributed by atoms with Crippen LogP contribution in [0.5, 0.6) is 0 Å². The molecular formula is C13H21N3. The highest BCUT2D eigenvalue weighted by molar-refractivity contribution is 5.22. The average Bonchev–Trinajstić information content (AvgIpc) is 2.82. The fraction of sp³-hybridized carbons (Fsp3) is 0.385. The number of hydrogen-bond donors (Lipinski definition) is 0. The molecule has 2 aromatic rings. The normalized spacial score (nSPS) is 8.31. The van der Waals surface area contributed by atoms with Gasteiger partial charge in [0.15, 0.2) is 5.82 Å². The summed E-state index contributed by atoms with van der Waals surface area (Å²) in [4.78, 5) is 4.18. The summed E-state index contributed by atoms with van der Waals surface area (Å²) in [6, 6.07) is 7.72. The number of aryl methyl sites for hydroxylation is 1. The Hall–Kier alpha value is -1.64. The minimum absolute atomic E-state index is 0.861. The Labute approximate surface area is 98.2 Å². The molecule has 0 bridgehead atoms. The lowest BCUT2D eigenvalue weighted by molar-refractivity contribution is 0.817. The molecule has 0 amide bonds. The SMILES string of the molecule is CC.CC.Cc1ccnn1-c1ccccn1. The standard InChI is InChI=1S/C9H9N3.2C2H6/c1-8-5-7-11-12(8)9-4-2-3-6-10-9;2*1-2/h2-7H,1H3;2*1-2H3. The fourth-order valence-electron chi connectivity index (χ4n) is 1.09. The smallest absolute Gasteiger partial charge is 0.153 e. The highest BCUT2D eigenvalue weighted by Gasteiger charge is 1.98. The van der Waals surface area contributed by atoms with E-state index in [0.717, 1.165) is 11.5 Å². The van der Waals surface area contributed by atoms with E-state index < -0.39 is 0 Å². The largest absolute Gasteiger partial charge is 0.237 e. The summed E-state index contributed by atoms with van der Waals surface area (Å²) < 4.78 is 1.81. The van der Waals surface area contributed by atoms with Gasteiger partial charge in [-0.3, -0.25) is 0 Å². The van der Waals surface area contributed by atoms with Crippen LogP contribution >= 0.6 is 0 Å². The van der Waals surface area contributed by atoms with E-state index in [4.69, 9.17) is 0 Å². The molecule has 0 radical (unpaired) electrons. The summed E-state index contributed by atoms with van der Waals surface area (Å²) in [6.07, 6.45) is 3.53. The van der Waals surface area contributed by atoms with Crippen LogP contribution in [-0.2, 0) is 0 Å². The maximum atomic E-state index is 4.18. The third-order valence-electron chi connectivity index (χ3n) is 1.70. The maximum Gasteiger partial charge on any atom is 0.153 e. The molecule has 2 rings (SSSR count). The van der Waals surface area contributed by atoms with E-state index in [1.165, 1.54) is 0 Å². The molecular weight excluding hydrogens is 198 g/mol. The molecule has 3 heteroatoms. The minimum Gasteiger partial charge on any atom is -0.237 e. The zero-order chi connectivity index (χ0) is 12.4. The second-order valence-corrected chi connectivity index (χ2v) is 2.57. The van der Waals surface area contributed by atoms with Gasteiger partial charge in [0.1, 0.15) is 0 Å². The average molecular weight is 219 g/mol. The molecule has 0 spiro atoms. The van der Waals surface area contributed by atoms with Gasteiger partial charge in [-0.05, 0) is 25.1 Å². The van der Waals surface area contributed by atoms with Crippen molar-refractivity contribution in [2.75, 3.05) is 0 Å². The molecule has 0 saturated carbocycles. The van der Waals surface area contributed by atoms with Crippen LogP contribution in [0.3, 0.4) is 0 Å². The molecule has 0 unspecified atom stereocenters. The van der Waals surface area contributed by atoms with Crippen LogP contribution in [0.25, 0.3) is 5.82 Å². The summed E-state index contributed by atoms with van der Waals surface area (Å²) in [5.41, 5.74) is 1.09. The number of aromatic nitrogens is 3. The van der Waals surface area contributed by atoms with Crippen molar-refractivity contribution in [1.82, 2.24) is 14.8 Å². The van der Waals surface area contributed by atoms with Crippen LogP contribution < -0.4 is 0 Å². The zero-order valence-corrected chi connectivity index (χ0v) is 10.8. The topological polar surface area (TPSA) is 30.7 Å². The maximum absolute atomic E-state index is 4.18. The molecule has 0 aliphatic heterocycles. The molecule has 0 aliphatic rings. The van der Waals surface area contributed by atoms with Crippen LogP contribution in [0, 0.1) is 6.92 Å². The molecule has 16 heavy (non-hydrogen) atoms. The molecule has 0 aromatic carbocycles. The molecule has 88 valence electrons. The van der Waals surface area contributed by atoms with E-state index in [1.54, 1.807) is 17.1 Å². The minimum atomic E-state index is 0.861. The van der Waals surface area contributed by atoms with E-state index >= 15 is 0 Å². The highest BCUT2D eigenvalue weighted by atomic mass is 15.3. The van der Waals surface area contributed by atoms with Crippen LogP contribution in [0.2, 0.25) is 0 Å². The van der Waals surface area contributed by atoms with Gasteiger partial charge in [0.2, 0.25) is 0 Å². The quantitative estimate of drug-likeness (QED) is 0.733. The summed E-state index contributed by atoms with van der Waals surface area (Å²) in [7, 11) is 0. The second kappa shape index (κ2) is 8.65.